The fourth-order valence-electron chi connectivity index (χ4n) is 1.09. The zero-order valence-corrected chi connectivity index (χ0v) is 9.04. The van der Waals surface area contributed by atoms with Gasteiger partial charge in [0.2, 0.25) is 0 Å². The Kier molecular flexibility index (Phi) is 3.49. The lowest BCUT2D eigenvalue weighted by atomic mass is 9.87. The van der Waals surface area contributed by atoms with Crippen molar-refractivity contribution in [2.24, 2.45) is 11.0 Å². The molecule has 14 heavy (non-hydrogen) atoms. The van der Waals surface area contributed by atoms with Gasteiger partial charge in [0.15, 0.2) is 0 Å². The molecule has 0 saturated heterocycles. The smallest absolute Gasteiger partial charge is 0.428 e. The molecule has 0 atom stereocenters. The van der Waals surface area contributed by atoms with Crippen LogP contribution in [0.5, 0.6) is 0 Å². The van der Waals surface area contributed by atoms with Gasteiger partial charge >= 0.3 is 6.09 Å². The summed E-state index contributed by atoms with van der Waals surface area (Å²) in [5.41, 5.74) is 1.88. The number of amides is 1. The number of carbonyl (C=O) groups is 1. The summed E-state index contributed by atoms with van der Waals surface area (Å²) in [6.45, 7) is 5.46. The summed E-state index contributed by atoms with van der Waals surface area (Å²) in [4.78, 5) is 11.1. The van der Waals surface area contributed by atoms with Crippen LogP contribution < -0.4 is 5.43 Å². The molecule has 0 heterocycles. The van der Waals surface area contributed by atoms with Crippen molar-refractivity contribution < 1.29 is 9.53 Å². The van der Waals surface area contributed by atoms with Crippen molar-refractivity contribution >= 4 is 12.3 Å². The van der Waals surface area contributed by atoms with Gasteiger partial charge in [0.25, 0.3) is 0 Å². The van der Waals surface area contributed by atoms with Crippen LogP contribution in [-0.2, 0) is 4.74 Å². The fourth-order valence-corrected chi connectivity index (χ4v) is 1.09. The molecule has 4 nitrogen and oxygen atoms in total. The topological polar surface area (TPSA) is 50.7 Å². The van der Waals surface area contributed by atoms with Gasteiger partial charge in [0.05, 0.1) is 0 Å². The van der Waals surface area contributed by atoms with E-state index < -0.39 is 11.7 Å². The third kappa shape index (κ3) is 4.25. The van der Waals surface area contributed by atoms with Crippen LogP contribution in [0.3, 0.4) is 0 Å². The zero-order valence-electron chi connectivity index (χ0n) is 9.04. The molecule has 0 unspecified atom stereocenters. The maximum absolute atomic E-state index is 11.1. The van der Waals surface area contributed by atoms with Gasteiger partial charge in [0, 0.05) is 6.21 Å². The molecule has 1 aliphatic rings. The molecule has 1 saturated carbocycles. The number of carbonyl (C=O) groups excluding carboxylic acids is 1. The van der Waals surface area contributed by atoms with Crippen molar-refractivity contribution in [3.8, 4) is 0 Å². The quantitative estimate of drug-likeness (QED) is 0.546. The highest BCUT2D eigenvalue weighted by atomic mass is 16.6. The molecule has 80 valence electrons. The van der Waals surface area contributed by atoms with E-state index in [1.54, 1.807) is 6.21 Å². The number of hydrogen-bond donors (Lipinski definition) is 1. The summed E-state index contributed by atoms with van der Waals surface area (Å²) in [6, 6.07) is 0. The molecule has 4 heteroatoms. The lowest BCUT2D eigenvalue weighted by Gasteiger charge is -2.21. The van der Waals surface area contributed by atoms with Gasteiger partial charge in [-0.2, -0.15) is 5.10 Å². The van der Waals surface area contributed by atoms with Crippen LogP contribution in [0, 0.1) is 5.92 Å². The maximum atomic E-state index is 11.1. The van der Waals surface area contributed by atoms with Crippen molar-refractivity contribution in [1.82, 2.24) is 5.43 Å². The molecule has 1 fully saturated rings. The maximum Gasteiger partial charge on any atom is 0.428 e. The second-order valence-corrected chi connectivity index (χ2v) is 4.58. The predicted molar refractivity (Wildman–Crippen MR) is 55.2 cm³/mol. The molecular weight excluding hydrogens is 180 g/mol. The summed E-state index contributed by atoms with van der Waals surface area (Å²) in [5.74, 6) is 0.546. The second-order valence-electron chi connectivity index (χ2n) is 4.58. The van der Waals surface area contributed by atoms with Gasteiger partial charge in [-0.1, -0.05) is 6.42 Å². The van der Waals surface area contributed by atoms with Crippen LogP contribution in [0.4, 0.5) is 4.79 Å². The Hall–Kier alpha value is -1.06. The largest absolute Gasteiger partial charge is 0.443 e. The normalized spacial score (nSPS) is 17.9. The van der Waals surface area contributed by atoms with Gasteiger partial charge in [0.1, 0.15) is 5.60 Å². The molecule has 0 aromatic heterocycles. The number of hydrazone groups is 1. The average Bonchev–Trinajstić information content (AvgIpc) is 1.90. The Morgan fingerprint density at radius 1 is 1.50 bits per heavy atom. The Morgan fingerprint density at radius 2 is 2.14 bits per heavy atom. The molecule has 0 radical (unpaired) electrons. The van der Waals surface area contributed by atoms with Crippen molar-refractivity contribution in [1.29, 1.82) is 0 Å². The van der Waals surface area contributed by atoms with Crippen molar-refractivity contribution in [2.45, 2.75) is 45.6 Å². The summed E-state index contributed by atoms with van der Waals surface area (Å²) >= 11 is 0. The molecule has 0 aliphatic heterocycles. The van der Waals surface area contributed by atoms with Crippen LogP contribution in [0.25, 0.3) is 0 Å². The first kappa shape index (κ1) is 11.0. The van der Waals surface area contributed by atoms with Crippen molar-refractivity contribution in [3.05, 3.63) is 0 Å². The SMILES string of the molecule is CC(C)(C)OC(=O)NN=CC1CCC1. The Labute approximate surface area is 84.7 Å². The lowest BCUT2D eigenvalue weighted by Crippen LogP contribution is -2.30. The van der Waals surface area contributed by atoms with Crippen LogP contribution >= 0.6 is 0 Å². The first-order chi connectivity index (χ1) is 6.47. The number of nitrogens with one attached hydrogen (secondary N) is 1. The van der Waals surface area contributed by atoms with Gasteiger partial charge in [-0.3, -0.25) is 0 Å². The Morgan fingerprint density at radius 3 is 2.57 bits per heavy atom. The zero-order chi connectivity index (χ0) is 10.6. The highest BCUT2D eigenvalue weighted by Crippen LogP contribution is 2.23. The van der Waals surface area contributed by atoms with E-state index in [0.717, 1.165) is 0 Å². The van der Waals surface area contributed by atoms with E-state index in [9.17, 15) is 4.79 Å². The standard InChI is InChI=1S/C10H18N2O2/c1-10(2,3)14-9(13)12-11-7-8-5-4-6-8/h7-8H,4-6H2,1-3H3,(H,12,13). The number of ether oxygens (including phenoxy) is 1. The molecule has 1 aliphatic carbocycles. The van der Waals surface area contributed by atoms with Gasteiger partial charge in [-0.15, -0.1) is 0 Å². The number of nitrogens with zero attached hydrogens (tertiary/aromatic N) is 1. The lowest BCUT2D eigenvalue weighted by molar-refractivity contribution is 0.0529. The summed E-state index contributed by atoms with van der Waals surface area (Å²) in [6.07, 6.45) is 4.92. The minimum atomic E-state index is -0.493. The van der Waals surface area contributed by atoms with E-state index in [1.165, 1.54) is 19.3 Å². The molecule has 1 N–H and O–H groups in total. The van der Waals surface area contributed by atoms with E-state index >= 15 is 0 Å². The minimum Gasteiger partial charge on any atom is -0.443 e. The monoisotopic (exact) mass is 198 g/mol. The molecule has 1 amide bonds. The molecule has 0 aromatic carbocycles. The van der Waals surface area contributed by atoms with Crippen molar-refractivity contribution in [3.63, 3.8) is 0 Å². The highest BCUT2D eigenvalue weighted by Gasteiger charge is 2.16. The molecule has 1 rings (SSSR count). The van der Waals surface area contributed by atoms with E-state index in [-0.39, 0.29) is 0 Å². The first-order valence-electron chi connectivity index (χ1n) is 4.99. The molecular formula is C10H18N2O2. The van der Waals surface area contributed by atoms with Crippen LogP contribution in [0.15, 0.2) is 5.10 Å². The Bertz CT molecular complexity index is 227. The first-order valence-corrected chi connectivity index (χ1v) is 4.99. The van der Waals surface area contributed by atoms with E-state index in [2.05, 4.69) is 10.5 Å². The number of rotatable bonds is 2. The average molecular weight is 198 g/mol. The Balaban J connectivity index is 2.17. The van der Waals surface area contributed by atoms with Crippen LogP contribution in [0.1, 0.15) is 40.0 Å². The summed E-state index contributed by atoms with van der Waals surface area (Å²) < 4.78 is 5.01. The molecule has 0 aromatic rings. The minimum absolute atomic E-state index is 0.462. The third-order valence-electron chi connectivity index (χ3n) is 1.99. The summed E-state index contributed by atoms with van der Waals surface area (Å²) in [5, 5.41) is 3.83. The van der Waals surface area contributed by atoms with E-state index in [1.807, 2.05) is 20.8 Å². The number of hydrogen-bond acceptors (Lipinski definition) is 3. The van der Waals surface area contributed by atoms with Gasteiger partial charge in [-0.05, 0) is 39.5 Å². The van der Waals surface area contributed by atoms with Crippen molar-refractivity contribution in [2.75, 3.05) is 0 Å². The van der Waals surface area contributed by atoms with Crippen LogP contribution in [0.2, 0.25) is 0 Å². The fraction of sp³-hybridized carbons (Fsp3) is 0.800. The molecule has 0 spiro atoms. The van der Waals surface area contributed by atoms with Gasteiger partial charge < -0.3 is 4.74 Å². The van der Waals surface area contributed by atoms with Gasteiger partial charge in [-0.25, -0.2) is 10.2 Å². The van der Waals surface area contributed by atoms with E-state index in [4.69, 9.17) is 4.74 Å². The highest BCUT2D eigenvalue weighted by molar-refractivity contribution is 5.70. The predicted octanol–water partition coefficient (Wildman–Crippen LogP) is 2.30. The van der Waals surface area contributed by atoms with E-state index in [0.29, 0.717) is 5.92 Å². The summed E-state index contributed by atoms with van der Waals surface area (Å²) in [7, 11) is 0. The molecule has 0 bridgehead atoms. The van der Waals surface area contributed by atoms with Crippen LogP contribution in [-0.4, -0.2) is 17.9 Å². The third-order valence-corrected chi connectivity index (χ3v) is 1.99. The second kappa shape index (κ2) is 4.44.